The molecule has 1 aromatic heterocycles. The van der Waals surface area contributed by atoms with E-state index in [1.807, 2.05) is 42.5 Å². The summed E-state index contributed by atoms with van der Waals surface area (Å²) in [5, 5.41) is 16.8. The van der Waals surface area contributed by atoms with Gasteiger partial charge in [0.15, 0.2) is 0 Å². The molecule has 3 heterocycles. The van der Waals surface area contributed by atoms with Crippen LogP contribution in [0, 0.1) is 6.92 Å². The van der Waals surface area contributed by atoms with Crippen LogP contribution in [-0.4, -0.2) is 19.3 Å². The fourth-order valence-electron chi connectivity index (χ4n) is 2.97. The van der Waals surface area contributed by atoms with Gasteiger partial charge in [0.1, 0.15) is 0 Å². The van der Waals surface area contributed by atoms with Crippen molar-refractivity contribution in [2.45, 2.75) is 13.5 Å². The molecule has 0 saturated carbocycles. The predicted molar refractivity (Wildman–Crippen MR) is 92.0 cm³/mol. The standard InChI is InChI=1S/C19H16N4O2.Na/c1-13-18-16(21-23(19(18)25)15-5-3-2-4-6-15)11-17(24)22(13)12-14-7-9-20-10-8-14;/h2-11,24H,12H2,1H3;/q;+1/p-1. The molecule has 7 heteroatoms. The average Bonchev–Trinajstić information content (AvgIpc) is 2.96. The summed E-state index contributed by atoms with van der Waals surface area (Å²) in [7, 11) is 0. The van der Waals surface area contributed by atoms with Crippen molar-refractivity contribution in [1.29, 1.82) is 0 Å². The Kier molecular flexibility index (Phi) is 5.27. The Bertz CT molecular complexity index is 1060. The number of rotatable bonds is 3. The van der Waals surface area contributed by atoms with E-state index in [4.69, 9.17) is 0 Å². The van der Waals surface area contributed by atoms with Crippen LogP contribution in [0.25, 0.3) is 16.9 Å². The van der Waals surface area contributed by atoms with E-state index in [2.05, 4.69) is 10.1 Å². The summed E-state index contributed by atoms with van der Waals surface area (Å²) in [4.78, 5) is 16.8. The van der Waals surface area contributed by atoms with Gasteiger partial charge in [-0.2, -0.15) is 9.78 Å². The topological polar surface area (TPSA) is 75.8 Å². The first-order chi connectivity index (χ1) is 12.1. The molecule has 0 N–H and O–H groups in total. The normalized spacial score (nSPS) is 10.7. The third kappa shape index (κ3) is 3.19. The van der Waals surface area contributed by atoms with Crippen LogP contribution in [0.2, 0.25) is 0 Å². The molecule has 0 radical (unpaired) electrons. The van der Waals surface area contributed by atoms with Gasteiger partial charge >= 0.3 is 29.6 Å². The van der Waals surface area contributed by atoms with Crippen LogP contribution in [0.1, 0.15) is 11.3 Å². The molecular weight excluding hydrogens is 339 g/mol. The summed E-state index contributed by atoms with van der Waals surface area (Å²) in [5.41, 5.74) is 2.91. The first-order valence-corrected chi connectivity index (χ1v) is 7.89. The minimum atomic E-state index is -0.220. The van der Waals surface area contributed by atoms with Crippen molar-refractivity contribution in [3.8, 4) is 22.8 Å². The van der Waals surface area contributed by atoms with Gasteiger partial charge in [-0.3, -0.25) is 9.78 Å². The van der Waals surface area contributed by atoms with E-state index >= 15 is 0 Å². The third-order valence-electron chi connectivity index (χ3n) is 4.25. The molecule has 0 bridgehead atoms. The molecule has 2 aromatic rings. The fourth-order valence-corrected chi connectivity index (χ4v) is 2.97. The molecule has 2 aliphatic heterocycles. The monoisotopic (exact) mass is 354 g/mol. The zero-order valence-electron chi connectivity index (χ0n) is 14.6. The number of fused-ring (bicyclic) bond motifs is 1. The van der Waals surface area contributed by atoms with E-state index in [0.29, 0.717) is 29.2 Å². The van der Waals surface area contributed by atoms with Crippen molar-refractivity contribution < 1.29 is 34.7 Å². The molecule has 6 nitrogen and oxygen atoms in total. The van der Waals surface area contributed by atoms with Crippen molar-refractivity contribution in [3.05, 3.63) is 82.5 Å². The summed E-state index contributed by atoms with van der Waals surface area (Å²) in [6.07, 6.45) is 3.36. The van der Waals surface area contributed by atoms with Crippen LogP contribution in [-0.2, 0) is 6.54 Å². The number of nitrogens with zero attached hydrogens (tertiary/aromatic N) is 4. The van der Waals surface area contributed by atoms with Crippen molar-refractivity contribution >= 4 is 0 Å². The second-order valence-corrected chi connectivity index (χ2v) is 5.82. The zero-order valence-corrected chi connectivity index (χ0v) is 16.6. The molecule has 0 fully saturated rings. The van der Waals surface area contributed by atoms with E-state index in [-0.39, 0.29) is 41.0 Å². The Labute approximate surface area is 172 Å². The summed E-state index contributed by atoms with van der Waals surface area (Å²) < 4.78 is 2.93. The minimum Gasteiger partial charge on any atom is -0.860 e. The maximum absolute atomic E-state index is 12.8. The van der Waals surface area contributed by atoms with Crippen LogP contribution in [0.4, 0.5) is 0 Å². The number of hydrogen-bond donors (Lipinski definition) is 0. The van der Waals surface area contributed by atoms with Gasteiger partial charge < -0.3 is 9.67 Å². The number of para-hydroxylation sites is 1. The van der Waals surface area contributed by atoms with Crippen molar-refractivity contribution in [2.75, 3.05) is 0 Å². The third-order valence-corrected chi connectivity index (χ3v) is 4.25. The predicted octanol–water partition coefficient (Wildman–Crippen LogP) is -1.03. The molecule has 0 aliphatic carbocycles. The Morgan fingerprint density at radius 2 is 1.77 bits per heavy atom. The van der Waals surface area contributed by atoms with Gasteiger partial charge in [-0.05, 0) is 48.7 Å². The summed E-state index contributed by atoms with van der Waals surface area (Å²) in [6.45, 7) is 2.17. The Morgan fingerprint density at radius 3 is 2.46 bits per heavy atom. The minimum absolute atomic E-state index is 0. The Hall–Kier alpha value is -2.41. The summed E-state index contributed by atoms with van der Waals surface area (Å²) in [6, 6.07) is 14.3. The maximum Gasteiger partial charge on any atom is 1.00 e. The molecule has 0 unspecified atom stereocenters. The molecule has 2 aliphatic rings. The van der Waals surface area contributed by atoms with Crippen LogP contribution in [0.3, 0.4) is 0 Å². The van der Waals surface area contributed by atoms with E-state index in [9.17, 15) is 9.90 Å². The number of benzene rings is 1. The zero-order chi connectivity index (χ0) is 17.4. The molecular formula is C19H15N4NaO2. The molecule has 26 heavy (non-hydrogen) atoms. The van der Waals surface area contributed by atoms with Crippen LogP contribution >= 0.6 is 0 Å². The van der Waals surface area contributed by atoms with Gasteiger partial charge in [-0.25, -0.2) is 0 Å². The van der Waals surface area contributed by atoms with Crippen molar-refractivity contribution in [3.63, 3.8) is 0 Å². The second-order valence-electron chi connectivity index (χ2n) is 5.82. The molecule has 0 atom stereocenters. The smallest absolute Gasteiger partial charge is 0.860 e. The van der Waals surface area contributed by atoms with Crippen LogP contribution in [0.15, 0.2) is 65.7 Å². The summed E-state index contributed by atoms with van der Waals surface area (Å²) in [5.74, 6) is -0.181. The first kappa shape index (κ1) is 18.4. The van der Waals surface area contributed by atoms with E-state index in [1.54, 1.807) is 23.9 Å². The van der Waals surface area contributed by atoms with Gasteiger partial charge in [0.25, 0.3) is 5.56 Å². The first-order valence-electron chi connectivity index (χ1n) is 7.89. The van der Waals surface area contributed by atoms with Crippen molar-refractivity contribution in [2.24, 2.45) is 0 Å². The number of pyridine rings is 2. The molecule has 124 valence electrons. The molecule has 0 spiro atoms. The maximum atomic E-state index is 12.8. The van der Waals surface area contributed by atoms with E-state index < -0.39 is 0 Å². The number of hydrogen-bond acceptors (Lipinski definition) is 4. The van der Waals surface area contributed by atoms with Gasteiger partial charge in [0, 0.05) is 24.6 Å². The fraction of sp³-hybridized carbons (Fsp3) is 0.105. The molecule has 1 aromatic carbocycles. The van der Waals surface area contributed by atoms with E-state index in [0.717, 1.165) is 5.56 Å². The molecule has 4 rings (SSSR count). The number of aromatic nitrogens is 4. The largest absolute Gasteiger partial charge is 1.00 e. The average molecular weight is 354 g/mol. The van der Waals surface area contributed by atoms with Crippen LogP contribution < -0.4 is 40.2 Å². The van der Waals surface area contributed by atoms with E-state index in [1.165, 1.54) is 10.7 Å². The van der Waals surface area contributed by atoms with Gasteiger partial charge in [-0.15, -0.1) is 0 Å². The second kappa shape index (κ2) is 7.45. The quantitative estimate of drug-likeness (QED) is 0.441. The summed E-state index contributed by atoms with van der Waals surface area (Å²) >= 11 is 0. The van der Waals surface area contributed by atoms with Gasteiger partial charge in [0.05, 0.1) is 16.9 Å². The van der Waals surface area contributed by atoms with Gasteiger partial charge in [0.2, 0.25) is 0 Å². The SMILES string of the molecule is Cc1c2c(=O)n(-c3ccccc3)nc-2cc([O-])n1Cc1ccncc1.[Na+]. The van der Waals surface area contributed by atoms with Gasteiger partial charge in [-0.1, -0.05) is 18.2 Å². The molecule has 0 amide bonds. The molecule has 0 saturated heterocycles. The Balaban J connectivity index is 0.00000196. The van der Waals surface area contributed by atoms with Crippen LogP contribution in [0.5, 0.6) is 5.88 Å². The Morgan fingerprint density at radius 1 is 1.08 bits per heavy atom. The van der Waals surface area contributed by atoms with Crippen molar-refractivity contribution in [1.82, 2.24) is 19.3 Å².